The number of anilines is 9. The highest BCUT2D eigenvalue weighted by molar-refractivity contribution is 7.25. The molecule has 21 aromatic carbocycles. The Bertz CT molecular complexity index is 9360. The van der Waals surface area contributed by atoms with Gasteiger partial charge in [-0.1, -0.05) is 362 Å². The Morgan fingerprint density at radius 2 is 0.549 bits per heavy atom. The Balaban J connectivity index is 0.000000109. The van der Waals surface area contributed by atoms with E-state index in [2.05, 4.69) is 525 Å². The number of hydrogen-bond acceptors (Lipinski definition) is 5. The van der Waals surface area contributed by atoms with Gasteiger partial charge in [0.2, 0.25) is 0 Å². The fourth-order valence-corrected chi connectivity index (χ4v) is 27.2. The minimum Gasteiger partial charge on any atom is -0.310 e. The van der Waals surface area contributed by atoms with E-state index < -0.39 is 0 Å². The molecular weight excluding hydrogens is 1750 g/mol. The third-order valence-corrected chi connectivity index (χ3v) is 34.4. The average molecular weight is 1860 g/mol. The van der Waals surface area contributed by atoms with Gasteiger partial charge in [-0.3, -0.25) is 0 Å². The topological polar surface area (TPSA) is 14.7 Å². The standard InChI is InChI=1S/C46H36N2S.C45H31NS.C44H35N.CH4/c1-45(2)37-15-9-8-14-33(37)34-21-20-32(28-39(34)45)47-42-17-11-10-16-38(42)46(3,4)40-27-30(19-23-43(40)47)29-18-22-41-36(26-29)35-24-25-49-44(35)48(41)31-12-6-5-7-13-31;1-45(2)39-16-8-9-17-41(39)46(30-21-24-44-38(27-30)36-15-7-10-18-43(36)47-44)42-23-20-29(26-40(42)45)28-19-22-35-33-13-4-3-11-31(33)32-12-5-6-14-34(32)37(35)25-28;1-43(2)37-18-10-9-17-34(37)35-23-22-30(27-39(35)43)45-41-20-12-11-19-38(41)44(3,4)40-26-29(21-24-42(40)45)36-25-28-13-5-6-14-31(28)32-15-7-8-16-33(32)36;/h5-28H,1-4H3;3-27H,1-2H3;5-27H,1-4H3;1H4. The van der Waals surface area contributed by atoms with Gasteiger partial charge >= 0.3 is 0 Å². The van der Waals surface area contributed by atoms with Crippen molar-refractivity contribution in [3.63, 3.8) is 0 Å². The van der Waals surface area contributed by atoms with E-state index in [0.29, 0.717) is 0 Å². The number of benzene rings is 21. The van der Waals surface area contributed by atoms with Gasteiger partial charge in [-0.05, 0) is 316 Å². The summed E-state index contributed by atoms with van der Waals surface area (Å²) < 4.78 is 5.06. The zero-order chi connectivity index (χ0) is 94.8. The van der Waals surface area contributed by atoms with Crippen molar-refractivity contribution in [2.24, 2.45) is 0 Å². The number of hydrogen-bond donors (Lipinski definition) is 0. The molecule has 4 nitrogen and oxygen atoms in total. The third kappa shape index (κ3) is 13.0. The van der Waals surface area contributed by atoms with Crippen LogP contribution in [0.3, 0.4) is 0 Å². The molecule has 0 bridgehead atoms. The number of para-hydroxylation sites is 4. The molecule has 0 spiro atoms. The predicted molar refractivity (Wildman–Crippen MR) is 611 cm³/mol. The van der Waals surface area contributed by atoms with Crippen molar-refractivity contribution in [3.05, 3.63) is 492 Å². The maximum Gasteiger partial charge on any atom is 0.108 e. The van der Waals surface area contributed by atoms with Gasteiger partial charge in [-0.2, -0.15) is 0 Å². The molecule has 0 unspecified atom stereocenters. The number of thiophene rings is 2. The molecule has 0 N–H and O–H groups in total. The van der Waals surface area contributed by atoms with E-state index in [4.69, 9.17) is 0 Å². The van der Waals surface area contributed by atoms with Gasteiger partial charge in [0, 0.05) is 80.8 Å². The maximum atomic E-state index is 2.50. The zero-order valence-electron chi connectivity index (χ0n) is 80.7. The van der Waals surface area contributed by atoms with E-state index in [1.54, 1.807) is 0 Å². The summed E-state index contributed by atoms with van der Waals surface area (Å²) in [4.78, 5) is 8.76. The molecule has 0 radical (unpaired) electrons. The monoisotopic (exact) mass is 1860 g/mol. The lowest BCUT2D eigenvalue weighted by molar-refractivity contribution is 0.631. The summed E-state index contributed by atoms with van der Waals surface area (Å²) in [6.07, 6.45) is 0. The summed E-state index contributed by atoms with van der Waals surface area (Å²) in [6, 6.07) is 161. The second-order valence-corrected chi connectivity index (χ2v) is 43.8. The molecule has 0 amide bonds. The number of nitrogens with zero attached hydrogens (tertiary/aromatic N) is 4. The molecular formula is C136H106N4S2. The molecule has 29 rings (SSSR count). The molecule has 5 aliphatic rings. The summed E-state index contributed by atoms with van der Waals surface area (Å²) in [5.74, 6) is 0. The van der Waals surface area contributed by atoms with Crippen molar-refractivity contribution in [1.29, 1.82) is 0 Å². The largest absolute Gasteiger partial charge is 0.310 e. The van der Waals surface area contributed by atoms with Crippen LogP contribution in [0.25, 0.3) is 156 Å². The second kappa shape index (κ2) is 32.3. The summed E-state index contributed by atoms with van der Waals surface area (Å²) in [5, 5.41) is 20.5. The van der Waals surface area contributed by atoms with Crippen molar-refractivity contribution in [2.45, 2.75) is 104 Å². The molecule has 3 aromatic heterocycles. The number of rotatable bonds is 7. The van der Waals surface area contributed by atoms with Crippen LogP contribution in [-0.2, 0) is 27.1 Å². The maximum absolute atomic E-state index is 2.50. The van der Waals surface area contributed by atoms with E-state index in [-0.39, 0.29) is 34.5 Å². The summed E-state index contributed by atoms with van der Waals surface area (Å²) in [7, 11) is 0. The first-order valence-corrected chi connectivity index (χ1v) is 51.3. The average Bonchev–Trinajstić information content (AvgIpc) is 1.06. The number of fused-ring (bicyclic) bond motifs is 27. The quantitative estimate of drug-likeness (QED) is 0.148. The molecule has 0 saturated heterocycles. The predicted octanol–water partition coefficient (Wildman–Crippen LogP) is 38.9. The van der Waals surface area contributed by atoms with Gasteiger partial charge in [-0.25, -0.2) is 0 Å². The van der Waals surface area contributed by atoms with E-state index in [0.717, 1.165) is 0 Å². The van der Waals surface area contributed by atoms with Crippen LogP contribution in [-0.4, -0.2) is 4.57 Å². The lowest BCUT2D eigenvalue weighted by Crippen LogP contribution is -2.30. The fraction of sp³-hybridized carbons (Fsp3) is 0.118. The first-order chi connectivity index (χ1) is 68.7. The normalized spacial score (nSPS) is 14.7. The fourth-order valence-electron chi connectivity index (χ4n) is 25.1. The van der Waals surface area contributed by atoms with Crippen molar-refractivity contribution in [1.82, 2.24) is 4.57 Å². The lowest BCUT2D eigenvalue weighted by atomic mass is 9.72. The van der Waals surface area contributed by atoms with Gasteiger partial charge in [0.1, 0.15) is 4.83 Å². The van der Waals surface area contributed by atoms with Crippen LogP contribution < -0.4 is 14.7 Å². The minimum absolute atomic E-state index is 0. The van der Waals surface area contributed by atoms with E-state index >= 15 is 0 Å². The smallest absolute Gasteiger partial charge is 0.108 e. The van der Waals surface area contributed by atoms with E-state index in [1.165, 1.54) is 263 Å². The van der Waals surface area contributed by atoms with Gasteiger partial charge < -0.3 is 19.3 Å². The van der Waals surface area contributed by atoms with E-state index in [1.807, 2.05) is 22.7 Å². The summed E-state index contributed by atoms with van der Waals surface area (Å²) in [5.41, 5.74) is 39.5. The summed E-state index contributed by atoms with van der Waals surface area (Å²) >= 11 is 3.68. The molecule has 0 saturated carbocycles. The first-order valence-electron chi connectivity index (χ1n) is 49.6. The molecule has 0 fully saturated rings. The van der Waals surface area contributed by atoms with Crippen LogP contribution in [0.5, 0.6) is 0 Å². The Kier molecular flexibility index (Phi) is 19.7. The van der Waals surface area contributed by atoms with Gasteiger partial charge in [0.15, 0.2) is 0 Å². The Hall–Kier alpha value is -16.0. The van der Waals surface area contributed by atoms with Gasteiger partial charge in [0.05, 0.1) is 39.6 Å². The van der Waals surface area contributed by atoms with E-state index in [9.17, 15) is 0 Å². The minimum atomic E-state index is -0.175. The molecule has 682 valence electrons. The van der Waals surface area contributed by atoms with Gasteiger partial charge in [-0.15, -0.1) is 22.7 Å². The van der Waals surface area contributed by atoms with Crippen LogP contribution in [0.15, 0.2) is 436 Å². The van der Waals surface area contributed by atoms with Crippen molar-refractivity contribution >= 4 is 169 Å². The third-order valence-electron chi connectivity index (χ3n) is 32.3. The number of aromatic nitrogens is 1. The van der Waals surface area contributed by atoms with Crippen molar-refractivity contribution in [2.75, 3.05) is 14.7 Å². The molecule has 6 heterocycles. The van der Waals surface area contributed by atoms with Crippen LogP contribution >= 0.6 is 22.7 Å². The lowest BCUT2D eigenvalue weighted by Gasteiger charge is -2.42. The highest BCUT2D eigenvalue weighted by Gasteiger charge is 2.44. The first kappa shape index (κ1) is 86.4. The SMILES string of the molecule is C.CC1(C)c2ccccc2-c2ccc(N3c4ccccc4C(C)(C)c4cc(-c5cc6ccccc6c6ccccc56)ccc43)cc21.CC1(C)c2ccccc2-c2ccc(N3c4ccccc4C(C)(C)c4cc(-c5ccc6c(c5)c5ccsc5n6-c5ccccc5)ccc43)cc21.CC1(C)c2ccccc2N(c2ccc3sc4ccccc4c3c2)c2ccc(-c3ccc4c5ccccc5c5ccccc5c4c3)cc21. The van der Waals surface area contributed by atoms with Crippen molar-refractivity contribution < 1.29 is 0 Å². The summed E-state index contributed by atoms with van der Waals surface area (Å²) in [6.45, 7) is 23.7. The van der Waals surface area contributed by atoms with Crippen molar-refractivity contribution in [3.8, 4) is 61.3 Å². The Morgan fingerprint density at radius 1 is 0.190 bits per heavy atom. The molecule has 3 aliphatic heterocycles. The van der Waals surface area contributed by atoms with Crippen LogP contribution in [0, 0.1) is 0 Å². The molecule has 0 atom stereocenters. The second-order valence-electron chi connectivity index (χ2n) is 41.8. The zero-order valence-corrected chi connectivity index (χ0v) is 82.3. The molecule has 24 aromatic rings. The Morgan fingerprint density at radius 3 is 1.08 bits per heavy atom. The highest BCUT2D eigenvalue weighted by Crippen LogP contribution is 2.61. The van der Waals surface area contributed by atoms with Crippen LogP contribution in [0.1, 0.15) is 132 Å². The van der Waals surface area contributed by atoms with Crippen LogP contribution in [0.4, 0.5) is 51.2 Å². The van der Waals surface area contributed by atoms with Crippen LogP contribution in [0.2, 0.25) is 0 Å². The van der Waals surface area contributed by atoms with Gasteiger partial charge in [0.25, 0.3) is 0 Å². The Labute approximate surface area is 838 Å². The highest BCUT2D eigenvalue weighted by atomic mass is 32.1. The molecule has 2 aliphatic carbocycles. The molecule has 142 heavy (non-hydrogen) atoms. The molecule has 6 heteroatoms.